The van der Waals surface area contributed by atoms with Crippen LogP contribution >= 0.6 is 11.8 Å². The summed E-state index contributed by atoms with van der Waals surface area (Å²) in [5.74, 6) is 2.30. The molecule has 0 bridgehead atoms. The first-order chi connectivity index (χ1) is 14.5. The van der Waals surface area contributed by atoms with Gasteiger partial charge in [0.2, 0.25) is 5.91 Å². The summed E-state index contributed by atoms with van der Waals surface area (Å²) in [6, 6.07) is 11.0. The topological polar surface area (TPSA) is 81.2 Å². The van der Waals surface area contributed by atoms with E-state index in [-0.39, 0.29) is 23.4 Å². The molecule has 0 aliphatic carbocycles. The van der Waals surface area contributed by atoms with Crippen molar-refractivity contribution in [2.45, 2.75) is 44.3 Å². The molecule has 0 spiro atoms. The molecule has 7 nitrogen and oxygen atoms in total. The van der Waals surface area contributed by atoms with E-state index in [1.807, 2.05) is 28.8 Å². The van der Waals surface area contributed by atoms with Crippen molar-refractivity contribution in [3.05, 3.63) is 59.8 Å². The number of furan rings is 1. The van der Waals surface area contributed by atoms with Crippen LogP contribution in [-0.2, 0) is 11.3 Å². The molecule has 3 aromatic rings. The Bertz CT molecular complexity index is 1030. The van der Waals surface area contributed by atoms with Crippen molar-refractivity contribution in [3.8, 4) is 0 Å². The quantitative estimate of drug-likeness (QED) is 0.399. The van der Waals surface area contributed by atoms with Gasteiger partial charge in [-0.05, 0) is 42.8 Å². The van der Waals surface area contributed by atoms with Crippen molar-refractivity contribution in [1.29, 1.82) is 0 Å². The highest BCUT2D eigenvalue weighted by Gasteiger charge is 2.22. The van der Waals surface area contributed by atoms with Crippen LogP contribution in [0.3, 0.4) is 0 Å². The van der Waals surface area contributed by atoms with Gasteiger partial charge >= 0.3 is 0 Å². The lowest BCUT2D eigenvalue weighted by Crippen LogP contribution is -2.23. The first-order valence-corrected chi connectivity index (χ1v) is 11.0. The van der Waals surface area contributed by atoms with Gasteiger partial charge in [0.1, 0.15) is 11.6 Å². The number of ketones is 1. The number of Topliss-reactive ketones (excluding diaryl/α,β-unsaturated/α-hetero) is 1. The minimum atomic E-state index is 0.0120. The number of hydrogen-bond acceptors (Lipinski definition) is 6. The zero-order valence-electron chi connectivity index (χ0n) is 17.1. The maximum absolute atomic E-state index is 12.7. The lowest BCUT2D eigenvalue weighted by molar-refractivity contribution is -0.117. The van der Waals surface area contributed by atoms with Crippen LogP contribution in [-0.4, -0.2) is 38.8 Å². The second-order valence-corrected chi connectivity index (χ2v) is 8.51. The number of rotatable bonds is 8. The molecule has 0 saturated carbocycles. The van der Waals surface area contributed by atoms with E-state index in [0.29, 0.717) is 23.7 Å². The van der Waals surface area contributed by atoms with Crippen molar-refractivity contribution < 1.29 is 14.0 Å². The molecule has 8 heteroatoms. The summed E-state index contributed by atoms with van der Waals surface area (Å²) in [5, 5.41) is 9.30. The van der Waals surface area contributed by atoms with Gasteiger partial charge in [0, 0.05) is 30.1 Å². The van der Waals surface area contributed by atoms with Crippen LogP contribution in [0.2, 0.25) is 0 Å². The Morgan fingerprint density at radius 3 is 2.63 bits per heavy atom. The number of aromatic nitrogens is 3. The summed E-state index contributed by atoms with van der Waals surface area (Å²) in [6.07, 6.45) is 3.12. The zero-order chi connectivity index (χ0) is 21.1. The molecule has 4 rings (SSSR count). The van der Waals surface area contributed by atoms with Crippen molar-refractivity contribution in [2.24, 2.45) is 0 Å². The third-order valence-corrected chi connectivity index (χ3v) is 6.03. The lowest BCUT2D eigenvalue weighted by atomic mass is 10.1. The highest BCUT2D eigenvalue weighted by molar-refractivity contribution is 7.99. The van der Waals surface area contributed by atoms with Crippen LogP contribution in [0.15, 0.2) is 52.2 Å². The van der Waals surface area contributed by atoms with Crippen LogP contribution in [0, 0.1) is 0 Å². The van der Waals surface area contributed by atoms with E-state index in [0.717, 1.165) is 30.2 Å². The second-order valence-electron chi connectivity index (χ2n) is 7.57. The number of carbonyl (C=O) groups excluding carboxylic acids is 2. The molecular formula is C22H24N4O3S. The molecule has 1 aromatic carbocycles. The van der Waals surface area contributed by atoms with Gasteiger partial charge < -0.3 is 9.32 Å². The maximum Gasteiger partial charge on any atom is 0.227 e. The third kappa shape index (κ3) is 4.33. The molecule has 156 valence electrons. The average molecular weight is 425 g/mol. The minimum absolute atomic E-state index is 0.0120. The molecule has 0 unspecified atom stereocenters. The molecule has 1 saturated heterocycles. The summed E-state index contributed by atoms with van der Waals surface area (Å²) in [4.78, 5) is 26.4. The number of carbonyl (C=O) groups is 2. The van der Waals surface area contributed by atoms with E-state index in [2.05, 4.69) is 24.0 Å². The first kappa shape index (κ1) is 20.4. The number of anilines is 1. The largest absolute Gasteiger partial charge is 0.467 e. The van der Waals surface area contributed by atoms with Crippen molar-refractivity contribution in [3.63, 3.8) is 0 Å². The van der Waals surface area contributed by atoms with Gasteiger partial charge in [-0.1, -0.05) is 25.6 Å². The molecule has 1 aliphatic rings. The Kier molecular flexibility index (Phi) is 6.03. The van der Waals surface area contributed by atoms with Gasteiger partial charge in [0.25, 0.3) is 0 Å². The van der Waals surface area contributed by atoms with Crippen molar-refractivity contribution in [1.82, 2.24) is 14.8 Å². The molecule has 1 aliphatic heterocycles. The summed E-state index contributed by atoms with van der Waals surface area (Å²) in [5.41, 5.74) is 1.47. The Labute approximate surface area is 179 Å². The summed E-state index contributed by atoms with van der Waals surface area (Å²) < 4.78 is 7.48. The summed E-state index contributed by atoms with van der Waals surface area (Å²) >= 11 is 1.37. The molecular weight excluding hydrogens is 400 g/mol. The van der Waals surface area contributed by atoms with E-state index >= 15 is 0 Å². The molecule has 30 heavy (non-hydrogen) atoms. The third-order valence-electron chi connectivity index (χ3n) is 5.06. The molecule has 1 fully saturated rings. The number of hydrogen-bond donors (Lipinski definition) is 0. The van der Waals surface area contributed by atoms with Crippen LogP contribution in [0.1, 0.15) is 54.5 Å². The van der Waals surface area contributed by atoms with Gasteiger partial charge in [0.15, 0.2) is 10.9 Å². The van der Waals surface area contributed by atoms with Gasteiger partial charge in [-0.3, -0.25) is 14.2 Å². The molecule has 0 N–H and O–H groups in total. The van der Waals surface area contributed by atoms with Crippen molar-refractivity contribution in [2.75, 3.05) is 17.2 Å². The number of benzene rings is 1. The Morgan fingerprint density at radius 1 is 1.20 bits per heavy atom. The predicted molar refractivity (Wildman–Crippen MR) is 115 cm³/mol. The van der Waals surface area contributed by atoms with E-state index in [9.17, 15) is 9.59 Å². The fraction of sp³-hybridized carbons (Fsp3) is 0.364. The average Bonchev–Trinajstić information content (AvgIpc) is 3.48. The first-order valence-electron chi connectivity index (χ1n) is 10.0. The monoisotopic (exact) mass is 424 g/mol. The van der Waals surface area contributed by atoms with Crippen LogP contribution in [0.25, 0.3) is 0 Å². The molecule has 3 heterocycles. The van der Waals surface area contributed by atoms with E-state index in [4.69, 9.17) is 4.42 Å². The fourth-order valence-corrected chi connectivity index (χ4v) is 4.34. The summed E-state index contributed by atoms with van der Waals surface area (Å²) in [7, 11) is 0. The molecule has 1 amide bonds. The predicted octanol–water partition coefficient (Wildman–Crippen LogP) is 4.14. The Morgan fingerprint density at radius 2 is 2.00 bits per heavy atom. The summed E-state index contributed by atoms with van der Waals surface area (Å²) in [6.45, 7) is 5.40. The Hall–Kier alpha value is -2.87. The SMILES string of the molecule is CC(C)c1nnc(SCC(=O)c2ccc(N3CCCC3=O)cc2)n1Cc1ccco1. The van der Waals surface area contributed by atoms with E-state index in [1.165, 1.54) is 11.8 Å². The van der Waals surface area contributed by atoms with Gasteiger partial charge in [-0.25, -0.2) is 0 Å². The minimum Gasteiger partial charge on any atom is -0.467 e. The van der Waals surface area contributed by atoms with Crippen LogP contribution in [0.5, 0.6) is 0 Å². The van der Waals surface area contributed by atoms with E-state index in [1.54, 1.807) is 23.3 Å². The van der Waals surface area contributed by atoms with Gasteiger partial charge in [-0.15, -0.1) is 10.2 Å². The Balaban J connectivity index is 1.44. The zero-order valence-corrected chi connectivity index (χ0v) is 17.9. The van der Waals surface area contributed by atoms with Gasteiger partial charge in [-0.2, -0.15) is 0 Å². The van der Waals surface area contributed by atoms with E-state index < -0.39 is 0 Å². The smallest absolute Gasteiger partial charge is 0.227 e. The normalized spacial score (nSPS) is 14.1. The van der Waals surface area contributed by atoms with Crippen molar-refractivity contribution >= 4 is 29.1 Å². The maximum atomic E-state index is 12.7. The van der Waals surface area contributed by atoms with Crippen LogP contribution < -0.4 is 4.90 Å². The number of nitrogens with zero attached hydrogens (tertiary/aromatic N) is 4. The second kappa shape index (κ2) is 8.87. The number of amides is 1. The molecule has 0 atom stereocenters. The van der Waals surface area contributed by atoms with Crippen LogP contribution in [0.4, 0.5) is 5.69 Å². The lowest BCUT2D eigenvalue weighted by Gasteiger charge is -2.15. The highest BCUT2D eigenvalue weighted by atomic mass is 32.2. The number of thioether (sulfide) groups is 1. The molecule has 2 aromatic heterocycles. The standard InChI is InChI=1S/C22H24N4O3S/c1-15(2)21-23-24-22(26(21)13-18-5-4-12-29-18)30-14-19(27)16-7-9-17(10-8-16)25-11-3-6-20(25)28/h4-5,7-10,12,15H,3,6,11,13-14H2,1-2H3. The fourth-order valence-electron chi connectivity index (χ4n) is 3.50. The highest BCUT2D eigenvalue weighted by Crippen LogP contribution is 2.25. The van der Waals surface area contributed by atoms with Gasteiger partial charge in [0.05, 0.1) is 18.6 Å². The molecule has 0 radical (unpaired) electrons.